The van der Waals surface area contributed by atoms with Crippen LogP contribution in [0.5, 0.6) is 5.75 Å². The van der Waals surface area contributed by atoms with E-state index in [1.165, 1.54) is 12.3 Å². The molecule has 0 fully saturated rings. The minimum absolute atomic E-state index is 0.175. The standard InChI is InChI=1S/C22H22N6O4/c1-14-12-20(26-15-5-7-16(30-2)8-6-15)27-22(25-14)24-10-9-23-21(29)17-13-19(32-28-17)18-4-3-11-31-18/h3-8,11-13H,9-10H2,1-2H3,(H,23,29)(H2,24,25,26,27). The number of carbonyl (C=O) groups is 1. The molecule has 3 heterocycles. The van der Waals surface area contributed by atoms with Crippen LogP contribution in [0.2, 0.25) is 0 Å². The maximum Gasteiger partial charge on any atom is 0.273 e. The molecule has 1 aromatic carbocycles. The van der Waals surface area contributed by atoms with Gasteiger partial charge in [0.1, 0.15) is 11.6 Å². The summed E-state index contributed by atoms with van der Waals surface area (Å²) in [4.78, 5) is 21.1. The predicted octanol–water partition coefficient (Wildman–Crippen LogP) is 3.63. The van der Waals surface area contributed by atoms with Crippen molar-refractivity contribution < 1.29 is 18.5 Å². The first-order chi connectivity index (χ1) is 15.6. The van der Waals surface area contributed by atoms with E-state index in [9.17, 15) is 4.79 Å². The maximum atomic E-state index is 12.3. The van der Waals surface area contributed by atoms with E-state index >= 15 is 0 Å². The van der Waals surface area contributed by atoms with Crippen molar-refractivity contribution in [3.05, 3.63) is 66.2 Å². The number of rotatable bonds is 9. The van der Waals surface area contributed by atoms with E-state index in [-0.39, 0.29) is 11.6 Å². The van der Waals surface area contributed by atoms with Crippen LogP contribution >= 0.6 is 0 Å². The van der Waals surface area contributed by atoms with Gasteiger partial charge in [-0.1, -0.05) is 5.16 Å². The molecule has 0 saturated heterocycles. The summed E-state index contributed by atoms with van der Waals surface area (Å²) < 4.78 is 15.5. The van der Waals surface area contributed by atoms with E-state index in [0.29, 0.717) is 36.4 Å². The Hall–Kier alpha value is -4.34. The molecule has 0 aliphatic rings. The number of aryl methyl sites for hydroxylation is 1. The second-order valence-electron chi connectivity index (χ2n) is 6.81. The lowest BCUT2D eigenvalue weighted by Gasteiger charge is -2.10. The molecule has 0 radical (unpaired) electrons. The normalized spacial score (nSPS) is 10.6. The molecule has 0 atom stereocenters. The maximum absolute atomic E-state index is 12.3. The SMILES string of the molecule is COc1ccc(Nc2cc(C)nc(NCCNC(=O)c3cc(-c4ccco4)on3)n2)cc1. The number of carbonyl (C=O) groups excluding carboxylic acids is 1. The molecule has 3 N–H and O–H groups in total. The fourth-order valence-electron chi connectivity index (χ4n) is 2.89. The average molecular weight is 434 g/mol. The number of benzene rings is 1. The molecule has 0 unspecified atom stereocenters. The molecule has 4 aromatic rings. The molecule has 164 valence electrons. The Labute approximate surface area is 184 Å². The number of hydrogen-bond acceptors (Lipinski definition) is 9. The van der Waals surface area contributed by atoms with Crippen LogP contribution in [-0.4, -0.2) is 41.2 Å². The van der Waals surface area contributed by atoms with Crippen molar-refractivity contribution in [2.75, 3.05) is 30.8 Å². The summed E-state index contributed by atoms with van der Waals surface area (Å²) in [5, 5.41) is 12.9. The highest BCUT2D eigenvalue weighted by Crippen LogP contribution is 2.21. The van der Waals surface area contributed by atoms with Crippen LogP contribution < -0.4 is 20.7 Å². The van der Waals surface area contributed by atoms with E-state index in [1.807, 2.05) is 37.3 Å². The van der Waals surface area contributed by atoms with Gasteiger partial charge in [-0.25, -0.2) is 4.98 Å². The van der Waals surface area contributed by atoms with Gasteiger partial charge in [0.15, 0.2) is 11.5 Å². The Kier molecular flexibility index (Phi) is 6.30. The zero-order chi connectivity index (χ0) is 22.3. The van der Waals surface area contributed by atoms with Crippen molar-refractivity contribution in [1.29, 1.82) is 0 Å². The lowest BCUT2D eigenvalue weighted by Crippen LogP contribution is -2.29. The summed E-state index contributed by atoms with van der Waals surface area (Å²) in [6.07, 6.45) is 1.52. The molecule has 1 amide bonds. The smallest absolute Gasteiger partial charge is 0.273 e. The van der Waals surface area contributed by atoms with Crippen molar-refractivity contribution in [1.82, 2.24) is 20.4 Å². The molecule has 10 heteroatoms. The predicted molar refractivity (Wildman–Crippen MR) is 118 cm³/mol. The van der Waals surface area contributed by atoms with Crippen molar-refractivity contribution in [3.8, 4) is 17.3 Å². The molecular formula is C22H22N6O4. The zero-order valence-electron chi connectivity index (χ0n) is 17.6. The van der Waals surface area contributed by atoms with Crippen LogP contribution in [0.3, 0.4) is 0 Å². The van der Waals surface area contributed by atoms with E-state index in [1.54, 1.807) is 19.2 Å². The van der Waals surface area contributed by atoms with Gasteiger partial charge in [0.2, 0.25) is 11.7 Å². The minimum atomic E-state index is -0.347. The summed E-state index contributed by atoms with van der Waals surface area (Å²) in [6, 6.07) is 14.4. The number of ether oxygens (including phenoxy) is 1. The van der Waals surface area contributed by atoms with Gasteiger partial charge < -0.3 is 29.6 Å². The highest BCUT2D eigenvalue weighted by atomic mass is 16.5. The van der Waals surface area contributed by atoms with Gasteiger partial charge in [-0.3, -0.25) is 4.79 Å². The molecule has 0 saturated carbocycles. The van der Waals surface area contributed by atoms with Crippen molar-refractivity contribution in [2.45, 2.75) is 6.92 Å². The number of methoxy groups -OCH3 is 1. The lowest BCUT2D eigenvalue weighted by atomic mass is 10.3. The summed E-state index contributed by atoms with van der Waals surface area (Å²) in [5.74, 6) is 2.44. The van der Waals surface area contributed by atoms with Crippen LogP contribution in [-0.2, 0) is 0 Å². The second-order valence-corrected chi connectivity index (χ2v) is 6.81. The molecule has 0 aliphatic heterocycles. The van der Waals surface area contributed by atoms with Crippen LogP contribution in [0.1, 0.15) is 16.2 Å². The second kappa shape index (κ2) is 9.65. The zero-order valence-corrected chi connectivity index (χ0v) is 17.6. The number of amides is 1. The van der Waals surface area contributed by atoms with E-state index < -0.39 is 0 Å². The first-order valence-electron chi connectivity index (χ1n) is 9.90. The lowest BCUT2D eigenvalue weighted by molar-refractivity contribution is 0.0946. The minimum Gasteiger partial charge on any atom is -0.497 e. The third-order valence-electron chi connectivity index (χ3n) is 4.42. The third kappa shape index (κ3) is 5.22. The largest absolute Gasteiger partial charge is 0.497 e. The van der Waals surface area contributed by atoms with Crippen LogP contribution in [0.15, 0.2) is 63.7 Å². The van der Waals surface area contributed by atoms with Gasteiger partial charge in [0.25, 0.3) is 5.91 Å². The van der Waals surface area contributed by atoms with E-state index in [4.69, 9.17) is 13.7 Å². The number of aromatic nitrogens is 3. The topological polar surface area (TPSA) is 127 Å². The summed E-state index contributed by atoms with van der Waals surface area (Å²) >= 11 is 0. The number of anilines is 3. The quantitative estimate of drug-likeness (QED) is 0.338. The number of nitrogens with one attached hydrogen (secondary N) is 3. The highest BCUT2D eigenvalue weighted by Gasteiger charge is 2.14. The highest BCUT2D eigenvalue weighted by molar-refractivity contribution is 5.92. The molecule has 0 bridgehead atoms. The molecule has 0 spiro atoms. The Morgan fingerprint density at radius 3 is 2.66 bits per heavy atom. The Bertz CT molecular complexity index is 1170. The van der Waals surface area contributed by atoms with Crippen LogP contribution in [0, 0.1) is 6.92 Å². The third-order valence-corrected chi connectivity index (χ3v) is 4.42. The van der Waals surface area contributed by atoms with Crippen LogP contribution in [0.25, 0.3) is 11.5 Å². The number of nitrogens with zero attached hydrogens (tertiary/aromatic N) is 3. The number of hydrogen-bond donors (Lipinski definition) is 3. The van der Waals surface area contributed by atoms with Crippen molar-refractivity contribution >= 4 is 23.4 Å². The first kappa shape index (κ1) is 20.9. The van der Waals surface area contributed by atoms with Crippen molar-refractivity contribution in [3.63, 3.8) is 0 Å². The van der Waals surface area contributed by atoms with Gasteiger partial charge in [0.05, 0.1) is 13.4 Å². The molecule has 10 nitrogen and oxygen atoms in total. The Morgan fingerprint density at radius 2 is 1.91 bits per heavy atom. The molecular weight excluding hydrogens is 412 g/mol. The van der Waals surface area contributed by atoms with E-state index in [2.05, 4.69) is 31.1 Å². The fourth-order valence-corrected chi connectivity index (χ4v) is 2.89. The van der Waals surface area contributed by atoms with E-state index in [0.717, 1.165) is 17.1 Å². The molecule has 4 rings (SSSR count). The molecule has 32 heavy (non-hydrogen) atoms. The molecule has 3 aromatic heterocycles. The van der Waals surface area contributed by atoms with Crippen LogP contribution in [0.4, 0.5) is 17.5 Å². The van der Waals surface area contributed by atoms with Gasteiger partial charge in [-0.15, -0.1) is 0 Å². The fraction of sp³-hybridized carbons (Fsp3) is 0.182. The summed E-state index contributed by atoms with van der Waals surface area (Å²) in [7, 11) is 1.63. The monoisotopic (exact) mass is 434 g/mol. The Morgan fingerprint density at radius 1 is 1.06 bits per heavy atom. The van der Waals surface area contributed by atoms with Gasteiger partial charge >= 0.3 is 0 Å². The molecule has 0 aliphatic carbocycles. The van der Waals surface area contributed by atoms with Gasteiger partial charge in [-0.2, -0.15) is 4.98 Å². The summed E-state index contributed by atoms with van der Waals surface area (Å²) in [5.41, 5.74) is 1.86. The van der Waals surface area contributed by atoms with Gasteiger partial charge in [0, 0.05) is 36.6 Å². The first-order valence-corrected chi connectivity index (χ1v) is 9.90. The van der Waals surface area contributed by atoms with Gasteiger partial charge in [-0.05, 0) is 43.3 Å². The Balaban J connectivity index is 1.28. The summed E-state index contributed by atoms with van der Waals surface area (Å²) in [6.45, 7) is 2.66. The van der Waals surface area contributed by atoms with Crippen molar-refractivity contribution in [2.24, 2.45) is 0 Å². The number of furan rings is 1. The average Bonchev–Trinajstić information content (AvgIpc) is 3.49.